The molecular weight excluding hydrogens is 308 g/mol. The van der Waals surface area contributed by atoms with E-state index in [1.165, 1.54) is 0 Å². The van der Waals surface area contributed by atoms with Gasteiger partial charge in [-0.1, -0.05) is 17.7 Å². The van der Waals surface area contributed by atoms with Crippen LogP contribution in [-0.2, 0) is 14.3 Å². The van der Waals surface area contributed by atoms with Crippen LogP contribution in [0.15, 0.2) is 24.3 Å². The van der Waals surface area contributed by atoms with Gasteiger partial charge in [-0.3, -0.25) is 9.59 Å². The summed E-state index contributed by atoms with van der Waals surface area (Å²) in [5, 5.41) is 2.79. The third-order valence-corrected chi connectivity index (χ3v) is 4.65. The number of ether oxygens (including phenoxy) is 2. The van der Waals surface area contributed by atoms with Gasteiger partial charge in [0.2, 0.25) is 5.91 Å². The number of carbonyl (C=O) groups excluding carboxylic acids is 2. The van der Waals surface area contributed by atoms with E-state index in [9.17, 15) is 9.59 Å². The molecule has 2 fully saturated rings. The number of likely N-dealkylation sites (tertiary alicyclic amines) is 1. The largest absolute Gasteiger partial charge is 0.347 e. The lowest BCUT2D eigenvalue weighted by Gasteiger charge is -2.38. The maximum absolute atomic E-state index is 12.6. The maximum atomic E-state index is 12.6. The predicted octanol–water partition coefficient (Wildman–Crippen LogP) is 1.48. The Balaban J connectivity index is 1.54. The third kappa shape index (κ3) is 3.60. The first-order valence-electron chi connectivity index (χ1n) is 8.43. The Bertz CT molecular complexity index is 615. The van der Waals surface area contributed by atoms with Gasteiger partial charge in [-0.05, 0) is 26.0 Å². The van der Waals surface area contributed by atoms with Crippen LogP contribution >= 0.6 is 0 Å². The highest BCUT2D eigenvalue weighted by Crippen LogP contribution is 2.31. The van der Waals surface area contributed by atoms with Crippen molar-refractivity contribution in [2.24, 2.45) is 0 Å². The van der Waals surface area contributed by atoms with Crippen molar-refractivity contribution in [3.8, 4) is 0 Å². The number of benzene rings is 1. The van der Waals surface area contributed by atoms with Gasteiger partial charge in [0.05, 0.1) is 13.2 Å². The van der Waals surface area contributed by atoms with Crippen LogP contribution in [0.2, 0.25) is 0 Å². The van der Waals surface area contributed by atoms with Gasteiger partial charge in [0.15, 0.2) is 5.79 Å². The highest BCUT2D eigenvalue weighted by molar-refractivity contribution is 5.97. The first-order chi connectivity index (χ1) is 11.5. The molecule has 1 spiro atoms. The van der Waals surface area contributed by atoms with E-state index in [2.05, 4.69) is 5.32 Å². The lowest BCUT2D eigenvalue weighted by atomic mass is 10.0. The van der Waals surface area contributed by atoms with Crippen LogP contribution in [0, 0.1) is 6.92 Å². The van der Waals surface area contributed by atoms with Gasteiger partial charge >= 0.3 is 0 Å². The van der Waals surface area contributed by atoms with Crippen LogP contribution in [-0.4, -0.2) is 54.8 Å². The first-order valence-corrected chi connectivity index (χ1v) is 8.43. The van der Waals surface area contributed by atoms with Crippen LogP contribution in [0.4, 0.5) is 0 Å². The Morgan fingerprint density at radius 2 is 1.88 bits per heavy atom. The Labute approximate surface area is 142 Å². The monoisotopic (exact) mass is 332 g/mol. The fraction of sp³-hybridized carbons (Fsp3) is 0.556. The minimum atomic E-state index is -0.558. The van der Waals surface area contributed by atoms with Crippen LogP contribution in [0.3, 0.4) is 0 Å². The molecule has 130 valence electrons. The maximum Gasteiger partial charge on any atom is 0.251 e. The minimum absolute atomic E-state index is 0.0659. The topological polar surface area (TPSA) is 67.9 Å². The summed E-state index contributed by atoms with van der Waals surface area (Å²) >= 11 is 0. The molecule has 1 N–H and O–H groups in total. The number of hydrogen-bond acceptors (Lipinski definition) is 4. The van der Waals surface area contributed by atoms with Crippen molar-refractivity contribution in [3.63, 3.8) is 0 Å². The Morgan fingerprint density at radius 1 is 1.21 bits per heavy atom. The summed E-state index contributed by atoms with van der Waals surface area (Å²) in [7, 11) is 0. The fourth-order valence-electron chi connectivity index (χ4n) is 3.26. The predicted molar refractivity (Wildman–Crippen MR) is 88.6 cm³/mol. The van der Waals surface area contributed by atoms with Crippen molar-refractivity contribution in [2.75, 3.05) is 26.3 Å². The normalized spacial score (nSPS) is 20.8. The highest BCUT2D eigenvalue weighted by Gasteiger charge is 2.41. The van der Waals surface area contributed by atoms with Gasteiger partial charge in [-0.25, -0.2) is 0 Å². The van der Waals surface area contributed by atoms with E-state index >= 15 is 0 Å². The van der Waals surface area contributed by atoms with E-state index < -0.39 is 11.8 Å². The van der Waals surface area contributed by atoms with Gasteiger partial charge in [0.25, 0.3) is 5.91 Å². The summed E-state index contributed by atoms with van der Waals surface area (Å²) in [6.07, 6.45) is 1.36. The molecule has 1 aromatic carbocycles. The van der Waals surface area contributed by atoms with E-state index in [0.29, 0.717) is 44.7 Å². The average Bonchev–Trinajstić information content (AvgIpc) is 3.03. The summed E-state index contributed by atoms with van der Waals surface area (Å²) in [6.45, 7) is 6.08. The average molecular weight is 332 g/mol. The standard InChI is InChI=1S/C18H24N2O4/c1-13-4-3-5-15(12-13)16(21)19-14(2)17(22)20-8-6-18(7-9-20)23-10-11-24-18/h3-5,12,14H,6-11H2,1-2H3,(H,19,21). The molecule has 6 nitrogen and oxygen atoms in total. The lowest BCUT2D eigenvalue weighted by molar-refractivity contribution is -0.187. The van der Waals surface area contributed by atoms with E-state index in [-0.39, 0.29) is 11.8 Å². The van der Waals surface area contributed by atoms with Crippen LogP contribution < -0.4 is 5.32 Å². The number of hydrogen-bond donors (Lipinski definition) is 1. The van der Waals surface area contributed by atoms with E-state index in [4.69, 9.17) is 9.47 Å². The third-order valence-electron chi connectivity index (χ3n) is 4.65. The van der Waals surface area contributed by atoms with E-state index in [0.717, 1.165) is 5.56 Å². The smallest absolute Gasteiger partial charge is 0.251 e. The molecule has 6 heteroatoms. The molecule has 1 aromatic rings. The molecule has 2 aliphatic heterocycles. The van der Waals surface area contributed by atoms with E-state index in [1.54, 1.807) is 17.9 Å². The van der Waals surface area contributed by atoms with E-state index in [1.807, 2.05) is 25.1 Å². The van der Waals surface area contributed by atoms with Crippen molar-refractivity contribution in [1.82, 2.24) is 10.2 Å². The molecule has 3 rings (SSSR count). The molecule has 2 heterocycles. The first kappa shape index (κ1) is 16.9. The Hall–Kier alpha value is -1.92. The summed E-state index contributed by atoms with van der Waals surface area (Å²) < 4.78 is 11.3. The Kier molecular flexibility index (Phi) is 4.87. The SMILES string of the molecule is Cc1cccc(C(=O)NC(C)C(=O)N2CCC3(CC2)OCCO3)c1. The highest BCUT2D eigenvalue weighted by atomic mass is 16.7. The number of rotatable bonds is 3. The molecule has 0 aliphatic carbocycles. The molecule has 1 atom stereocenters. The van der Waals surface area contributed by atoms with Gasteiger partial charge < -0.3 is 19.7 Å². The number of aryl methyl sites for hydroxylation is 1. The zero-order valence-electron chi connectivity index (χ0n) is 14.2. The number of nitrogens with zero attached hydrogens (tertiary/aromatic N) is 1. The molecule has 2 aliphatic rings. The van der Waals surface area contributed by atoms with Crippen molar-refractivity contribution in [1.29, 1.82) is 0 Å². The summed E-state index contributed by atoms with van der Waals surface area (Å²) in [6, 6.07) is 6.77. The molecule has 0 aromatic heterocycles. The molecule has 1 unspecified atom stereocenters. The Morgan fingerprint density at radius 3 is 2.50 bits per heavy atom. The second kappa shape index (κ2) is 6.91. The van der Waals surface area contributed by atoms with Crippen LogP contribution in [0.5, 0.6) is 0 Å². The molecule has 24 heavy (non-hydrogen) atoms. The molecule has 2 saturated heterocycles. The molecule has 0 bridgehead atoms. The minimum Gasteiger partial charge on any atom is -0.347 e. The van der Waals surface area contributed by atoms with Gasteiger partial charge in [-0.15, -0.1) is 0 Å². The number of carbonyl (C=O) groups is 2. The number of piperidine rings is 1. The summed E-state index contributed by atoms with van der Waals surface area (Å²) in [5.74, 6) is -0.787. The lowest BCUT2D eigenvalue weighted by Crippen LogP contribution is -2.52. The van der Waals surface area contributed by atoms with Crippen LogP contribution in [0.1, 0.15) is 35.7 Å². The second-order valence-corrected chi connectivity index (χ2v) is 6.50. The zero-order chi connectivity index (χ0) is 17.2. The molecule has 0 saturated carbocycles. The number of amides is 2. The van der Waals surface area contributed by atoms with Gasteiger partial charge in [-0.2, -0.15) is 0 Å². The second-order valence-electron chi connectivity index (χ2n) is 6.50. The van der Waals surface area contributed by atoms with Gasteiger partial charge in [0, 0.05) is 31.5 Å². The molecule has 2 amide bonds. The summed E-state index contributed by atoms with van der Waals surface area (Å²) in [4.78, 5) is 26.6. The zero-order valence-corrected chi connectivity index (χ0v) is 14.2. The van der Waals surface area contributed by atoms with Crippen molar-refractivity contribution in [3.05, 3.63) is 35.4 Å². The fourth-order valence-corrected chi connectivity index (χ4v) is 3.26. The summed E-state index contributed by atoms with van der Waals surface area (Å²) in [5.41, 5.74) is 1.58. The van der Waals surface area contributed by atoms with Crippen molar-refractivity contribution >= 4 is 11.8 Å². The number of nitrogens with one attached hydrogen (secondary N) is 1. The van der Waals surface area contributed by atoms with Gasteiger partial charge in [0.1, 0.15) is 6.04 Å². The molecular formula is C18H24N2O4. The van der Waals surface area contributed by atoms with Crippen molar-refractivity contribution in [2.45, 2.75) is 38.5 Å². The molecule has 0 radical (unpaired) electrons. The van der Waals surface area contributed by atoms with Crippen LogP contribution in [0.25, 0.3) is 0 Å². The van der Waals surface area contributed by atoms with Crippen molar-refractivity contribution < 1.29 is 19.1 Å². The quantitative estimate of drug-likeness (QED) is 0.910.